The Morgan fingerprint density at radius 1 is 0.879 bits per heavy atom. The van der Waals surface area contributed by atoms with Gasteiger partial charge in [0, 0.05) is 6.42 Å². The summed E-state index contributed by atoms with van der Waals surface area (Å²) in [5.74, 6) is -1.89. The van der Waals surface area contributed by atoms with Crippen LogP contribution in [0.25, 0.3) is 0 Å². The zero-order valence-corrected chi connectivity index (χ0v) is 20.9. The van der Waals surface area contributed by atoms with Gasteiger partial charge in [-0.25, -0.2) is 4.57 Å². The van der Waals surface area contributed by atoms with Crippen molar-refractivity contribution in [3.05, 3.63) is 0 Å². The van der Waals surface area contributed by atoms with E-state index in [2.05, 4.69) is 11.4 Å². The lowest BCUT2D eigenvalue weighted by molar-refractivity contribution is -0.147. The largest absolute Gasteiger partial charge is 0.480 e. The number of rotatable bonds is 23. The number of hydrogen-bond donors (Lipinski definition) is 4. The molecule has 0 spiro atoms. The van der Waals surface area contributed by atoms with Gasteiger partial charge in [-0.15, -0.1) is 0 Å². The zero-order chi connectivity index (χ0) is 25.0. The van der Waals surface area contributed by atoms with Crippen LogP contribution in [0.2, 0.25) is 0 Å². The van der Waals surface area contributed by atoms with Gasteiger partial charge >= 0.3 is 19.8 Å². The van der Waals surface area contributed by atoms with Crippen molar-refractivity contribution in [2.45, 2.75) is 109 Å². The number of aliphatic hydroxyl groups is 1. The van der Waals surface area contributed by atoms with Crippen molar-refractivity contribution >= 4 is 19.8 Å². The summed E-state index contributed by atoms with van der Waals surface area (Å²) in [5, 5.41) is 17.9. The molecule has 0 rings (SSSR count). The van der Waals surface area contributed by atoms with Gasteiger partial charge in [-0.2, -0.15) is 0 Å². The van der Waals surface area contributed by atoms with E-state index < -0.39 is 51.7 Å². The van der Waals surface area contributed by atoms with Gasteiger partial charge in [0.1, 0.15) is 18.8 Å². The lowest BCUT2D eigenvalue weighted by Crippen LogP contribution is -2.35. The molecule has 0 aromatic heterocycles. The first-order valence-electron chi connectivity index (χ1n) is 12.1. The van der Waals surface area contributed by atoms with Crippen molar-refractivity contribution in [2.24, 2.45) is 5.73 Å². The van der Waals surface area contributed by atoms with Crippen LogP contribution in [0.1, 0.15) is 96.8 Å². The van der Waals surface area contributed by atoms with Gasteiger partial charge in [0.05, 0.1) is 13.2 Å². The maximum absolute atomic E-state index is 11.8. The minimum atomic E-state index is -4.66. The third-order valence-corrected chi connectivity index (χ3v) is 6.17. The highest BCUT2D eigenvalue weighted by Crippen LogP contribution is 2.44. The maximum Gasteiger partial charge on any atom is 0.472 e. The van der Waals surface area contributed by atoms with Gasteiger partial charge in [-0.05, 0) is 6.42 Å². The Hall–Kier alpha value is -1.03. The molecule has 0 amide bonds. The molecule has 0 aromatic carbocycles. The number of hydrogen-bond acceptors (Lipinski definition) is 8. The predicted molar refractivity (Wildman–Crippen MR) is 125 cm³/mol. The molecule has 33 heavy (non-hydrogen) atoms. The Morgan fingerprint density at radius 3 is 1.82 bits per heavy atom. The second kappa shape index (κ2) is 20.4. The Morgan fingerprint density at radius 2 is 1.36 bits per heavy atom. The summed E-state index contributed by atoms with van der Waals surface area (Å²) in [6.45, 7) is 0.365. The van der Waals surface area contributed by atoms with Gasteiger partial charge in [0.25, 0.3) is 0 Å². The van der Waals surface area contributed by atoms with E-state index in [0.717, 1.165) is 19.3 Å². The number of phosphoric ester groups is 1. The SMILES string of the molecule is CCCCCCCCCCCCCCCC(=O)OC[C@H](CO)OP(=O)(O)OC[C@H](N)C(=O)O. The van der Waals surface area contributed by atoms with E-state index in [4.69, 9.17) is 20.1 Å². The van der Waals surface area contributed by atoms with E-state index in [-0.39, 0.29) is 6.42 Å². The van der Waals surface area contributed by atoms with Gasteiger partial charge in [-0.1, -0.05) is 84.0 Å². The van der Waals surface area contributed by atoms with Gasteiger partial charge in [0.2, 0.25) is 0 Å². The van der Waals surface area contributed by atoms with Crippen LogP contribution >= 0.6 is 7.82 Å². The van der Waals surface area contributed by atoms with Crippen LogP contribution in [0, 0.1) is 0 Å². The number of carboxylic acids is 1. The fourth-order valence-corrected chi connectivity index (χ4v) is 4.04. The molecule has 0 bridgehead atoms. The maximum atomic E-state index is 11.8. The fraction of sp³-hybridized carbons (Fsp3) is 0.909. The molecule has 0 aromatic rings. The van der Waals surface area contributed by atoms with Crippen molar-refractivity contribution in [3.8, 4) is 0 Å². The zero-order valence-electron chi connectivity index (χ0n) is 20.0. The number of carbonyl (C=O) groups is 2. The summed E-state index contributed by atoms with van der Waals surface area (Å²) in [6.07, 6.45) is 14.5. The van der Waals surface area contributed by atoms with Crippen molar-refractivity contribution in [1.29, 1.82) is 0 Å². The number of ether oxygens (including phenoxy) is 1. The predicted octanol–water partition coefficient (Wildman–Crippen LogP) is 3.92. The van der Waals surface area contributed by atoms with E-state index in [9.17, 15) is 24.2 Å². The summed E-state index contributed by atoms with van der Waals surface area (Å²) in [4.78, 5) is 32.0. The number of unbranched alkanes of at least 4 members (excludes halogenated alkanes) is 12. The lowest BCUT2D eigenvalue weighted by Gasteiger charge is -2.19. The summed E-state index contributed by atoms with van der Waals surface area (Å²) in [7, 11) is -4.66. The monoisotopic (exact) mass is 497 g/mol. The molecular formula is C22H44NO9P. The average Bonchev–Trinajstić information content (AvgIpc) is 2.77. The number of phosphoric acid groups is 1. The standard InChI is InChI=1S/C22H44NO9P/c1-2-3-4-5-6-7-8-9-10-11-12-13-14-15-21(25)30-17-19(16-24)32-33(28,29)31-18-20(23)22(26)27/h19-20,24H,2-18,23H2,1H3,(H,26,27)(H,28,29)/t19-,20-/m0/s1. The van der Waals surface area contributed by atoms with Crippen molar-refractivity contribution in [1.82, 2.24) is 0 Å². The highest BCUT2D eigenvalue weighted by Gasteiger charge is 2.29. The van der Waals surface area contributed by atoms with Crippen LogP contribution in [0.3, 0.4) is 0 Å². The van der Waals surface area contributed by atoms with Crippen LogP contribution in [-0.2, 0) is 27.9 Å². The first-order valence-corrected chi connectivity index (χ1v) is 13.6. The third-order valence-electron chi connectivity index (χ3n) is 5.14. The van der Waals surface area contributed by atoms with Crippen molar-refractivity contribution in [2.75, 3.05) is 19.8 Å². The van der Waals surface area contributed by atoms with Crippen LogP contribution < -0.4 is 5.73 Å². The molecule has 5 N–H and O–H groups in total. The molecule has 196 valence electrons. The Kier molecular flexibility index (Phi) is 19.7. The molecule has 0 radical (unpaired) electrons. The molecule has 0 aliphatic rings. The minimum Gasteiger partial charge on any atom is -0.480 e. The second-order valence-corrected chi connectivity index (χ2v) is 9.70. The summed E-state index contributed by atoms with van der Waals surface area (Å²) in [5.41, 5.74) is 5.18. The Bertz CT molecular complexity index is 562. The van der Waals surface area contributed by atoms with E-state index in [0.29, 0.717) is 6.42 Å². The molecule has 0 aliphatic heterocycles. The number of esters is 1. The molecule has 0 fully saturated rings. The first kappa shape index (κ1) is 32.0. The number of aliphatic carboxylic acids is 1. The Labute approximate surface area is 197 Å². The van der Waals surface area contributed by atoms with Gasteiger partial charge in [0.15, 0.2) is 0 Å². The lowest BCUT2D eigenvalue weighted by atomic mass is 10.0. The number of carbonyl (C=O) groups excluding carboxylic acids is 1. The third kappa shape index (κ3) is 20.1. The van der Waals surface area contributed by atoms with Crippen LogP contribution in [0.4, 0.5) is 0 Å². The Balaban J connectivity index is 3.76. The number of aliphatic hydroxyl groups excluding tert-OH is 1. The number of carboxylic acid groups (broad SMARTS) is 1. The van der Waals surface area contributed by atoms with Crippen LogP contribution in [0.15, 0.2) is 0 Å². The minimum absolute atomic E-state index is 0.219. The quantitative estimate of drug-likeness (QED) is 0.0923. The fourth-order valence-electron chi connectivity index (χ4n) is 3.13. The van der Waals surface area contributed by atoms with E-state index >= 15 is 0 Å². The normalized spacial score (nSPS) is 15.0. The average molecular weight is 498 g/mol. The van der Waals surface area contributed by atoms with E-state index in [1.807, 2.05) is 0 Å². The van der Waals surface area contributed by atoms with Crippen molar-refractivity contribution < 1.29 is 43.0 Å². The highest BCUT2D eigenvalue weighted by molar-refractivity contribution is 7.47. The molecule has 1 unspecified atom stereocenters. The smallest absolute Gasteiger partial charge is 0.472 e. The summed E-state index contributed by atoms with van der Waals surface area (Å²) >= 11 is 0. The van der Waals surface area contributed by atoms with E-state index in [1.165, 1.54) is 57.8 Å². The molecule has 0 saturated carbocycles. The molecule has 0 heterocycles. The topological polar surface area (TPSA) is 166 Å². The summed E-state index contributed by atoms with van der Waals surface area (Å²) < 4.78 is 25.9. The molecular weight excluding hydrogens is 453 g/mol. The highest BCUT2D eigenvalue weighted by atomic mass is 31.2. The van der Waals surface area contributed by atoms with Crippen molar-refractivity contribution in [3.63, 3.8) is 0 Å². The molecule has 11 heteroatoms. The number of nitrogens with two attached hydrogens (primary N) is 1. The van der Waals surface area contributed by atoms with Gasteiger partial charge in [-0.3, -0.25) is 18.6 Å². The molecule has 0 saturated heterocycles. The van der Waals surface area contributed by atoms with Crippen LogP contribution in [-0.4, -0.2) is 59.0 Å². The van der Waals surface area contributed by atoms with Crippen LogP contribution in [0.5, 0.6) is 0 Å². The molecule has 3 atom stereocenters. The van der Waals surface area contributed by atoms with Gasteiger partial charge < -0.3 is 25.6 Å². The summed E-state index contributed by atoms with van der Waals surface area (Å²) in [6, 6.07) is -1.50. The molecule has 10 nitrogen and oxygen atoms in total. The second-order valence-electron chi connectivity index (χ2n) is 8.29. The first-order chi connectivity index (χ1) is 15.7. The molecule has 0 aliphatic carbocycles. The van der Waals surface area contributed by atoms with E-state index in [1.54, 1.807) is 0 Å².